The first kappa shape index (κ1) is 15.6. The largest absolute Gasteiger partial charge is 0.482 e. The molecule has 1 aromatic carbocycles. The molecule has 0 fully saturated rings. The Morgan fingerprint density at radius 3 is 2.91 bits per heavy atom. The van der Waals surface area contributed by atoms with E-state index in [-0.39, 0.29) is 5.91 Å². The molecule has 2 N–H and O–H groups in total. The van der Waals surface area contributed by atoms with Gasteiger partial charge in [-0.15, -0.1) is 11.3 Å². The van der Waals surface area contributed by atoms with Crippen molar-refractivity contribution in [2.45, 2.75) is 25.7 Å². The van der Waals surface area contributed by atoms with Crippen LogP contribution >= 0.6 is 11.3 Å². The number of carbonyl (C=O) groups is 2. The number of ether oxygens (including phenoxy) is 1. The van der Waals surface area contributed by atoms with E-state index in [9.17, 15) is 9.59 Å². The van der Waals surface area contributed by atoms with Gasteiger partial charge >= 0.3 is 5.97 Å². The number of aryl methyl sites for hydroxylation is 1. The van der Waals surface area contributed by atoms with Crippen molar-refractivity contribution in [1.82, 2.24) is 0 Å². The van der Waals surface area contributed by atoms with E-state index < -0.39 is 12.6 Å². The number of carboxylic acids is 1. The van der Waals surface area contributed by atoms with Crippen molar-refractivity contribution in [2.24, 2.45) is 0 Å². The Balaban J connectivity index is 1.71. The summed E-state index contributed by atoms with van der Waals surface area (Å²) in [5, 5.41) is 13.4. The first-order chi connectivity index (χ1) is 11.1. The van der Waals surface area contributed by atoms with Crippen molar-refractivity contribution in [1.29, 1.82) is 0 Å². The van der Waals surface area contributed by atoms with Gasteiger partial charge in [-0.05, 0) is 43.4 Å². The number of rotatable bonds is 5. The summed E-state index contributed by atoms with van der Waals surface area (Å²) < 4.78 is 5.12. The number of amides is 1. The first-order valence-electron chi connectivity index (χ1n) is 7.49. The van der Waals surface area contributed by atoms with Crippen molar-refractivity contribution in [3.8, 4) is 5.75 Å². The van der Waals surface area contributed by atoms with Crippen LogP contribution in [-0.4, -0.2) is 23.6 Å². The summed E-state index contributed by atoms with van der Waals surface area (Å²) in [6.07, 6.45) is 4.34. The van der Waals surface area contributed by atoms with Crippen LogP contribution in [0.2, 0.25) is 0 Å². The molecule has 0 aliphatic heterocycles. The highest BCUT2D eigenvalue weighted by Crippen LogP contribution is 2.30. The van der Waals surface area contributed by atoms with E-state index in [2.05, 4.69) is 5.32 Å². The molecule has 23 heavy (non-hydrogen) atoms. The minimum atomic E-state index is -1.04. The van der Waals surface area contributed by atoms with Crippen LogP contribution < -0.4 is 10.1 Å². The molecule has 1 aliphatic rings. The molecule has 0 unspecified atom stereocenters. The standard InChI is InChI=1S/C17H17NO4S/c19-16(20)9-22-12-5-3-4-11(8-12)18-17(21)14-10-23-15-7-2-1-6-13(14)15/h3-5,8,10H,1-2,6-7,9H2,(H,18,21)(H,19,20). The predicted molar refractivity (Wildman–Crippen MR) is 88.5 cm³/mol. The van der Waals surface area contributed by atoms with Gasteiger partial charge in [0.2, 0.25) is 0 Å². The maximum atomic E-state index is 12.5. The fourth-order valence-corrected chi connectivity index (χ4v) is 3.82. The van der Waals surface area contributed by atoms with Crippen LogP contribution in [0, 0.1) is 0 Å². The lowest BCUT2D eigenvalue weighted by Crippen LogP contribution is -2.15. The Morgan fingerprint density at radius 2 is 2.09 bits per heavy atom. The number of hydrogen-bond acceptors (Lipinski definition) is 4. The Morgan fingerprint density at radius 1 is 1.26 bits per heavy atom. The summed E-state index contributed by atoms with van der Waals surface area (Å²) in [6.45, 7) is -0.407. The molecule has 5 nitrogen and oxygen atoms in total. The van der Waals surface area contributed by atoms with Gasteiger partial charge in [0.15, 0.2) is 6.61 Å². The third-order valence-electron chi connectivity index (χ3n) is 3.76. The highest BCUT2D eigenvalue weighted by atomic mass is 32.1. The molecular formula is C17H17NO4S. The third kappa shape index (κ3) is 3.71. The number of anilines is 1. The van der Waals surface area contributed by atoms with Crippen molar-refractivity contribution >= 4 is 28.9 Å². The minimum absolute atomic E-state index is 0.125. The molecule has 0 atom stereocenters. The zero-order valence-electron chi connectivity index (χ0n) is 12.5. The Kier molecular flexibility index (Phi) is 4.62. The Bertz CT molecular complexity index is 738. The van der Waals surface area contributed by atoms with Gasteiger partial charge in [-0.1, -0.05) is 6.07 Å². The molecule has 0 saturated carbocycles. The van der Waals surface area contributed by atoms with E-state index in [4.69, 9.17) is 9.84 Å². The molecule has 0 bridgehead atoms. The van der Waals surface area contributed by atoms with Crippen LogP contribution in [0.15, 0.2) is 29.6 Å². The van der Waals surface area contributed by atoms with Crippen LogP contribution in [0.5, 0.6) is 5.75 Å². The number of hydrogen-bond donors (Lipinski definition) is 2. The summed E-state index contributed by atoms with van der Waals surface area (Å²) in [6, 6.07) is 6.75. The number of benzene rings is 1. The normalized spacial score (nSPS) is 13.2. The average molecular weight is 331 g/mol. The molecule has 1 aliphatic carbocycles. The molecule has 0 spiro atoms. The van der Waals surface area contributed by atoms with Crippen LogP contribution in [0.4, 0.5) is 5.69 Å². The third-order valence-corrected chi connectivity index (χ3v) is 4.85. The zero-order chi connectivity index (χ0) is 16.2. The molecule has 1 aromatic heterocycles. The van der Waals surface area contributed by atoms with Gasteiger partial charge in [0.05, 0.1) is 5.56 Å². The van der Waals surface area contributed by atoms with Gasteiger partial charge in [0, 0.05) is 22.0 Å². The number of carboxylic acid groups (broad SMARTS) is 1. The summed E-state index contributed by atoms with van der Waals surface area (Å²) in [4.78, 5) is 24.3. The lowest BCUT2D eigenvalue weighted by molar-refractivity contribution is -0.139. The zero-order valence-corrected chi connectivity index (χ0v) is 13.3. The SMILES string of the molecule is O=C(O)COc1cccc(NC(=O)c2csc3c2CCCC3)c1. The number of thiophene rings is 1. The van der Waals surface area contributed by atoms with Gasteiger partial charge in [-0.3, -0.25) is 4.79 Å². The van der Waals surface area contributed by atoms with Crippen LogP contribution in [0.3, 0.4) is 0 Å². The first-order valence-corrected chi connectivity index (χ1v) is 8.36. The monoisotopic (exact) mass is 331 g/mol. The Hall–Kier alpha value is -2.34. The van der Waals surface area contributed by atoms with Gasteiger partial charge in [0.25, 0.3) is 5.91 Å². The van der Waals surface area contributed by atoms with Crippen LogP contribution in [0.25, 0.3) is 0 Å². The van der Waals surface area contributed by atoms with Crippen molar-refractivity contribution < 1.29 is 19.4 Å². The summed E-state index contributed by atoms with van der Waals surface area (Å²) in [7, 11) is 0. The molecule has 1 heterocycles. The van der Waals surface area contributed by atoms with E-state index in [1.54, 1.807) is 35.6 Å². The topological polar surface area (TPSA) is 75.6 Å². The lowest BCUT2D eigenvalue weighted by atomic mass is 9.95. The fraction of sp³-hybridized carbons (Fsp3) is 0.294. The summed E-state index contributed by atoms with van der Waals surface area (Å²) in [5.41, 5.74) is 2.52. The van der Waals surface area contributed by atoms with Gasteiger partial charge in [-0.25, -0.2) is 4.79 Å². The van der Waals surface area contributed by atoms with Crippen molar-refractivity contribution in [3.63, 3.8) is 0 Å². The van der Waals surface area contributed by atoms with E-state index in [1.165, 1.54) is 16.9 Å². The molecule has 2 aromatic rings. The van der Waals surface area contributed by atoms with Gasteiger partial charge in [0.1, 0.15) is 5.75 Å². The molecule has 0 saturated heterocycles. The maximum absolute atomic E-state index is 12.5. The van der Waals surface area contributed by atoms with Crippen molar-refractivity contribution in [2.75, 3.05) is 11.9 Å². The van der Waals surface area contributed by atoms with E-state index in [0.717, 1.165) is 24.8 Å². The average Bonchev–Trinajstić information content (AvgIpc) is 2.97. The second kappa shape index (κ2) is 6.83. The number of nitrogens with one attached hydrogen (secondary N) is 1. The molecular weight excluding hydrogens is 314 g/mol. The van der Waals surface area contributed by atoms with Crippen LogP contribution in [-0.2, 0) is 17.6 Å². The fourth-order valence-electron chi connectivity index (χ4n) is 2.69. The predicted octanol–water partition coefficient (Wildman–Crippen LogP) is 3.34. The number of aliphatic carboxylic acids is 1. The van der Waals surface area contributed by atoms with Crippen molar-refractivity contribution in [3.05, 3.63) is 45.6 Å². The second-order valence-corrected chi connectivity index (χ2v) is 6.39. The highest BCUT2D eigenvalue weighted by Gasteiger charge is 2.20. The minimum Gasteiger partial charge on any atom is -0.482 e. The molecule has 0 radical (unpaired) electrons. The lowest BCUT2D eigenvalue weighted by Gasteiger charge is -2.13. The van der Waals surface area contributed by atoms with Crippen LogP contribution in [0.1, 0.15) is 33.6 Å². The molecule has 3 rings (SSSR count). The van der Waals surface area contributed by atoms with Gasteiger partial charge in [-0.2, -0.15) is 0 Å². The molecule has 120 valence electrons. The van der Waals surface area contributed by atoms with E-state index in [1.807, 2.05) is 5.38 Å². The van der Waals surface area contributed by atoms with E-state index >= 15 is 0 Å². The van der Waals surface area contributed by atoms with Gasteiger partial charge < -0.3 is 15.2 Å². The molecule has 1 amide bonds. The highest BCUT2D eigenvalue weighted by molar-refractivity contribution is 7.10. The smallest absolute Gasteiger partial charge is 0.341 e. The molecule has 6 heteroatoms. The quantitative estimate of drug-likeness (QED) is 0.881. The number of fused-ring (bicyclic) bond motifs is 1. The summed E-state index contributed by atoms with van der Waals surface area (Å²) >= 11 is 1.65. The second-order valence-electron chi connectivity index (χ2n) is 5.42. The maximum Gasteiger partial charge on any atom is 0.341 e. The number of carbonyl (C=O) groups excluding carboxylic acids is 1. The summed E-state index contributed by atoms with van der Waals surface area (Å²) in [5.74, 6) is -0.748. The van der Waals surface area contributed by atoms with E-state index in [0.29, 0.717) is 11.4 Å². The Labute approximate surface area is 137 Å².